The molecule has 0 saturated heterocycles. The maximum atomic E-state index is 12.4. The molecule has 18 heavy (non-hydrogen) atoms. The van der Waals surface area contributed by atoms with Crippen LogP contribution in [0.3, 0.4) is 0 Å². The number of rotatable bonds is 1. The molecule has 0 aliphatic carbocycles. The second-order valence-electron chi connectivity index (χ2n) is 4.40. The molecule has 1 aliphatic rings. The van der Waals surface area contributed by atoms with Crippen molar-refractivity contribution in [3.05, 3.63) is 58.3 Å². The van der Waals surface area contributed by atoms with Crippen LogP contribution >= 0.6 is 15.9 Å². The molecule has 0 N–H and O–H groups in total. The zero-order valence-electron chi connectivity index (χ0n) is 9.84. The van der Waals surface area contributed by atoms with Crippen molar-refractivity contribution in [3.63, 3.8) is 0 Å². The molecule has 4 heteroatoms. The molecule has 92 valence electrons. The third kappa shape index (κ3) is 1.97. The Morgan fingerprint density at radius 3 is 2.78 bits per heavy atom. The molecule has 0 unspecified atom stereocenters. The molecule has 0 atom stereocenters. The maximum absolute atomic E-state index is 12.4. The molecule has 1 aromatic carbocycles. The summed E-state index contributed by atoms with van der Waals surface area (Å²) >= 11 is 3.44. The molecule has 0 saturated carbocycles. The molecule has 1 amide bonds. The number of carbonyl (C=O) groups excluding carboxylic acids is 1. The van der Waals surface area contributed by atoms with E-state index in [-0.39, 0.29) is 5.91 Å². The lowest BCUT2D eigenvalue weighted by Crippen LogP contribution is -2.38. The van der Waals surface area contributed by atoms with E-state index in [0.29, 0.717) is 6.54 Å². The van der Waals surface area contributed by atoms with Gasteiger partial charge in [-0.15, -0.1) is 0 Å². The highest BCUT2D eigenvalue weighted by atomic mass is 79.9. The van der Waals surface area contributed by atoms with Crippen LogP contribution in [0.25, 0.3) is 0 Å². The number of hydrogen-bond donors (Lipinski definition) is 0. The van der Waals surface area contributed by atoms with Gasteiger partial charge >= 0.3 is 0 Å². The molecular formula is C14H13BrN2O. The SMILES string of the molecule is O=C(c1ccccc1Br)N1CCn2cccc2C1. The van der Waals surface area contributed by atoms with Gasteiger partial charge in [-0.3, -0.25) is 4.79 Å². The zero-order chi connectivity index (χ0) is 12.5. The Kier molecular flexibility index (Phi) is 2.96. The van der Waals surface area contributed by atoms with Crippen LogP contribution in [-0.2, 0) is 13.1 Å². The summed E-state index contributed by atoms with van der Waals surface area (Å²) in [6, 6.07) is 11.7. The first-order valence-electron chi connectivity index (χ1n) is 5.93. The summed E-state index contributed by atoms with van der Waals surface area (Å²) in [6.45, 7) is 2.33. The van der Waals surface area contributed by atoms with Crippen molar-refractivity contribution in [3.8, 4) is 0 Å². The summed E-state index contributed by atoms with van der Waals surface area (Å²) in [4.78, 5) is 14.3. The molecule has 1 aromatic heterocycles. The van der Waals surface area contributed by atoms with Crippen molar-refractivity contribution < 1.29 is 4.79 Å². The number of fused-ring (bicyclic) bond motifs is 1. The van der Waals surface area contributed by atoms with Gasteiger partial charge in [-0.2, -0.15) is 0 Å². The quantitative estimate of drug-likeness (QED) is 0.795. The number of halogens is 1. The second-order valence-corrected chi connectivity index (χ2v) is 5.25. The van der Waals surface area contributed by atoms with Crippen molar-refractivity contribution in [2.45, 2.75) is 13.1 Å². The smallest absolute Gasteiger partial charge is 0.255 e. The normalized spacial score (nSPS) is 14.4. The van der Waals surface area contributed by atoms with Gasteiger partial charge in [0.2, 0.25) is 0 Å². The van der Waals surface area contributed by atoms with Crippen LogP contribution in [-0.4, -0.2) is 21.9 Å². The van der Waals surface area contributed by atoms with Crippen LogP contribution in [0.1, 0.15) is 16.1 Å². The summed E-state index contributed by atoms with van der Waals surface area (Å²) in [5.41, 5.74) is 1.93. The summed E-state index contributed by atoms with van der Waals surface area (Å²) in [7, 11) is 0. The summed E-state index contributed by atoms with van der Waals surface area (Å²) in [5, 5.41) is 0. The van der Waals surface area contributed by atoms with Crippen molar-refractivity contribution >= 4 is 21.8 Å². The van der Waals surface area contributed by atoms with Gasteiger partial charge in [0.1, 0.15) is 0 Å². The molecule has 2 aromatic rings. The minimum absolute atomic E-state index is 0.0925. The lowest BCUT2D eigenvalue weighted by atomic mass is 10.2. The van der Waals surface area contributed by atoms with Crippen LogP contribution in [0.4, 0.5) is 0 Å². The highest BCUT2D eigenvalue weighted by Crippen LogP contribution is 2.21. The second kappa shape index (κ2) is 4.61. The third-order valence-electron chi connectivity index (χ3n) is 3.28. The molecule has 0 spiro atoms. The number of aromatic nitrogens is 1. The van der Waals surface area contributed by atoms with E-state index in [1.54, 1.807) is 0 Å². The highest BCUT2D eigenvalue weighted by molar-refractivity contribution is 9.10. The Labute approximate surface area is 114 Å². The average Bonchev–Trinajstić information content (AvgIpc) is 2.85. The van der Waals surface area contributed by atoms with E-state index in [1.807, 2.05) is 35.2 Å². The third-order valence-corrected chi connectivity index (χ3v) is 3.97. The molecular weight excluding hydrogens is 292 g/mol. The van der Waals surface area contributed by atoms with Crippen molar-refractivity contribution in [2.24, 2.45) is 0 Å². The molecule has 0 fully saturated rings. The number of benzene rings is 1. The van der Waals surface area contributed by atoms with Gasteiger partial charge in [0.25, 0.3) is 5.91 Å². The Morgan fingerprint density at radius 1 is 1.11 bits per heavy atom. The first kappa shape index (κ1) is 11.5. The summed E-state index contributed by atoms with van der Waals surface area (Å²) < 4.78 is 3.06. The van der Waals surface area contributed by atoms with E-state index in [1.165, 1.54) is 5.69 Å². The summed E-state index contributed by atoms with van der Waals surface area (Å²) in [5.74, 6) is 0.0925. The van der Waals surface area contributed by atoms with Crippen LogP contribution in [0.5, 0.6) is 0 Å². The fourth-order valence-electron chi connectivity index (χ4n) is 2.29. The van der Waals surface area contributed by atoms with E-state index < -0.39 is 0 Å². The van der Waals surface area contributed by atoms with Crippen molar-refractivity contribution in [1.82, 2.24) is 9.47 Å². The van der Waals surface area contributed by atoms with Gasteiger partial charge in [-0.25, -0.2) is 0 Å². The number of nitrogens with zero attached hydrogens (tertiary/aromatic N) is 2. The summed E-state index contributed by atoms with van der Waals surface area (Å²) in [6.07, 6.45) is 2.07. The predicted octanol–water partition coefficient (Wildman–Crippen LogP) is 2.91. The van der Waals surface area contributed by atoms with Crippen LogP contribution in [0, 0.1) is 0 Å². The lowest BCUT2D eigenvalue weighted by molar-refractivity contribution is 0.0710. The van der Waals surface area contributed by atoms with Gasteiger partial charge in [0.05, 0.1) is 12.1 Å². The van der Waals surface area contributed by atoms with E-state index >= 15 is 0 Å². The predicted molar refractivity (Wildman–Crippen MR) is 73.3 cm³/mol. The van der Waals surface area contributed by atoms with Gasteiger partial charge in [0, 0.05) is 29.5 Å². The standard InChI is InChI=1S/C14H13BrN2O/c15-13-6-2-1-5-12(13)14(18)17-9-8-16-7-3-4-11(16)10-17/h1-7H,8-10H2. The first-order chi connectivity index (χ1) is 8.75. The molecule has 1 aliphatic heterocycles. The molecule has 3 rings (SSSR count). The van der Waals surface area contributed by atoms with Crippen LogP contribution < -0.4 is 0 Å². The first-order valence-corrected chi connectivity index (χ1v) is 6.73. The van der Waals surface area contributed by atoms with Crippen molar-refractivity contribution in [2.75, 3.05) is 6.54 Å². The topological polar surface area (TPSA) is 25.2 Å². The number of amides is 1. The largest absolute Gasteiger partial charge is 0.348 e. The van der Waals surface area contributed by atoms with E-state index in [2.05, 4.69) is 32.8 Å². The Hall–Kier alpha value is -1.55. The molecule has 0 radical (unpaired) electrons. The van der Waals surface area contributed by atoms with Gasteiger partial charge < -0.3 is 9.47 Å². The zero-order valence-corrected chi connectivity index (χ0v) is 11.4. The minimum atomic E-state index is 0.0925. The van der Waals surface area contributed by atoms with Crippen LogP contribution in [0.15, 0.2) is 47.1 Å². The average molecular weight is 305 g/mol. The van der Waals surface area contributed by atoms with Crippen LogP contribution in [0.2, 0.25) is 0 Å². The lowest BCUT2D eigenvalue weighted by Gasteiger charge is -2.29. The van der Waals surface area contributed by atoms with Gasteiger partial charge in [-0.05, 0) is 40.2 Å². The fourth-order valence-corrected chi connectivity index (χ4v) is 2.75. The molecule has 2 heterocycles. The minimum Gasteiger partial charge on any atom is -0.348 e. The molecule has 3 nitrogen and oxygen atoms in total. The Balaban J connectivity index is 1.85. The monoisotopic (exact) mass is 304 g/mol. The number of hydrogen-bond acceptors (Lipinski definition) is 1. The Bertz CT molecular complexity index is 591. The van der Waals surface area contributed by atoms with Gasteiger partial charge in [0.15, 0.2) is 0 Å². The van der Waals surface area contributed by atoms with E-state index in [4.69, 9.17) is 0 Å². The fraction of sp³-hybridized carbons (Fsp3) is 0.214. The van der Waals surface area contributed by atoms with E-state index in [9.17, 15) is 4.79 Å². The van der Waals surface area contributed by atoms with Gasteiger partial charge in [-0.1, -0.05) is 12.1 Å². The molecule has 0 bridgehead atoms. The van der Waals surface area contributed by atoms with E-state index in [0.717, 1.165) is 23.1 Å². The highest BCUT2D eigenvalue weighted by Gasteiger charge is 2.22. The Morgan fingerprint density at radius 2 is 1.94 bits per heavy atom. The van der Waals surface area contributed by atoms with Crippen molar-refractivity contribution in [1.29, 1.82) is 0 Å². The number of carbonyl (C=O) groups is 1. The maximum Gasteiger partial charge on any atom is 0.255 e.